The second-order valence-corrected chi connectivity index (χ2v) is 6.83. The Balaban J connectivity index is 1.78. The highest BCUT2D eigenvalue weighted by Gasteiger charge is 2.49. The van der Waals surface area contributed by atoms with Crippen LogP contribution in [0.2, 0.25) is 0 Å². The van der Waals surface area contributed by atoms with Crippen LogP contribution in [0.1, 0.15) is 49.9 Å². The summed E-state index contributed by atoms with van der Waals surface area (Å²) in [5.74, 6) is -0.460. The molecule has 3 atom stereocenters. The zero-order valence-electron chi connectivity index (χ0n) is 14.2. The number of ether oxygens (including phenoxy) is 1. The number of anilines is 1. The lowest BCUT2D eigenvalue weighted by Gasteiger charge is -2.25. The Bertz CT molecular complexity index is 652. The fourth-order valence-corrected chi connectivity index (χ4v) is 3.67. The Labute approximate surface area is 142 Å². The molecular formula is C19H23NO4. The van der Waals surface area contributed by atoms with Crippen molar-refractivity contribution < 1.29 is 19.1 Å². The molecule has 0 radical (unpaired) electrons. The fraction of sp³-hybridized carbons (Fsp3) is 0.526. The summed E-state index contributed by atoms with van der Waals surface area (Å²) in [6.45, 7) is 4.44. The zero-order chi connectivity index (χ0) is 17.3. The predicted octanol–water partition coefficient (Wildman–Crippen LogP) is 3.18. The van der Waals surface area contributed by atoms with Crippen LogP contribution in [0.15, 0.2) is 24.3 Å². The molecule has 24 heavy (non-hydrogen) atoms. The monoisotopic (exact) mass is 329 g/mol. The molecule has 2 aliphatic rings. The quantitative estimate of drug-likeness (QED) is 0.629. The second kappa shape index (κ2) is 6.75. The summed E-state index contributed by atoms with van der Waals surface area (Å²) in [6.07, 6.45) is 3.33. The third kappa shape index (κ3) is 2.95. The number of hydrogen-bond donors (Lipinski definition) is 0. The predicted molar refractivity (Wildman–Crippen MR) is 89.5 cm³/mol. The van der Waals surface area contributed by atoms with Gasteiger partial charge < -0.3 is 4.74 Å². The Kier molecular flexibility index (Phi) is 4.69. The Hall–Kier alpha value is -2.17. The lowest BCUT2D eigenvalue weighted by molar-refractivity contribution is -0.122. The molecule has 0 aromatic heterocycles. The highest BCUT2D eigenvalue weighted by atomic mass is 16.5. The normalized spacial score (nSPS) is 26.4. The fourth-order valence-electron chi connectivity index (χ4n) is 3.67. The number of carbonyl (C=O) groups excluding carboxylic acids is 3. The number of imide groups is 1. The molecule has 1 aliphatic heterocycles. The van der Waals surface area contributed by atoms with E-state index in [0.29, 0.717) is 23.8 Å². The Morgan fingerprint density at radius 3 is 2.46 bits per heavy atom. The second-order valence-electron chi connectivity index (χ2n) is 6.83. The van der Waals surface area contributed by atoms with Crippen molar-refractivity contribution in [1.29, 1.82) is 0 Å². The maximum absolute atomic E-state index is 12.7. The molecule has 1 aliphatic carbocycles. The van der Waals surface area contributed by atoms with Crippen LogP contribution < -0.4 is 4.90 Å². The van der Waals surface area contributed by atoms with Crippen molar-refractivity contribution in [2.45, 2.75) is 39.5 Å². The lowest BCUT2D eigenvalue weighted by atomic mass is 9.76. The summed E-state index contributed by atoms with van der Waals surface area (Å²) in [6, 6.07) is 6.52. The highest BCUT2D eigenvalue weighted by molar-refractivity contribution is 6.22. The van der Waals surface area contributed by atoms with E-state index in [9.17, 15) is 14.4 Å². The number of rotatable bonds is 4. The molecule has 3 rings (SSSR count). The third-order valence-corrected chi connectivity index (χ3v) is 4.99. The minimum atomic E-state index is -0.384. The summed E-state index contributed by atoms with van der Waals surface area (Å²) >= 11 is 0. The van der Waals surface area contributed by atoms with Crippen LogP contribution in [0, 0.1) is 17.8 Å². The van der Waals surface area contributed by atoms with Gasteiger partial charge in [-0.15, -0.1) is 0 Å². The molecule has 5 heteroatoms. The minimum Gasteiger partial charge on any atom is -0.462 e. The van der Waals surface area contributed by atoms with Gasteiger partial charge in [-0.2, -0.15) is 0 Å². The Morgan fingerprint density at radius 2 is 1.79 bits per heavy atom. The van der Waals surface area contributed by atoms with Crippen molar-refractivity contribution in [2.24, 2.45) is 17.8 Å². The average Bonchev–Trinajstić information content (AvgIpc) is 2.83. The number of carbonyl (C=O) groups is 3. The van der Waals surface area contributed by atoms with Gasteiger partial charge in [0.05, 0.1) is 29.7 Å². The maximum atomic E-state index is 12.7. The smallest absolute Gasteiger partial charge is 0.338 e. The van der Waals surface area contributed by atoms with E-state index in [0.717, 1.165) is 25.7 Å². The molecule has 2 fully saturated rings. The van der Waals surface area contributed by atoms with E-state index in [2.05, 4.69) is 6.92 Å². The molecular weight excluding hydrogens is 306 g/mol. The largest absolute Gasteiger partial charge is 0.462 e. The van der Waals surface area contributed by atoms with E-state index in [1.807, 2.05) is 6.92 Å². The highest BCUT2D eigenvalue weighted by Crippen LogP contribution is 2.42. The van der Waals surface area contributed by atoms with E-state index in [4.69, 9.17) is 4.74 Å². The molecule has 1 aromatic carbocycles. The van der Waals surface area contributed by atoms with Crippen LogP contribution in [0.5, 0.6) is 0 Å². The summed E-state index contributed by atoms with van der Waals surface area (Å²) in [5.41, 5.74) is 0.969. The van der Waals surface area contributed by atoms with Crippen LogP contribution in [0.25, 0.3) is 0 Å². The average molecular weight is 329 g/mol. The minimum absolute atomic E-state index is 0.0989. The van der Waals surface area contributed by atoms with Crippen LogP contribution in [0.3, 0.4) is 0 Å². The van der Waals surface area contributed by atoms with Gasteiger partial charge in [-0.05, 0) is 55.9 Å². The Morgan fingerprint density at radius 1 is 1.12 bits per heavy atom. The van der Waals surface area contributed by atoms with Gasteiger partial charge in [-0.3, -0.25) is 14.5 Å². The first kappa shape index (κ1) is 16.7. The molecule has 1 saturated heterocycles. The molecule has 1 heterocycles. The number of benzene rings is 1. The van der Waals surface area contributed by atoms with Crippen LogP contribution in [-0.2, 0) is 14.3 Å². The van der Waals surface area contributed by atoms with Gasteiger partial charge in [0, 0.05) is 0 Å². The topological polar surface area (TPSA) is 63.7 Å². The van der Waals surface area contributed by atoms with Crippen molar-refractivity contribution in [2.75, 3.05) is 11.5 Å². The van der Waals surface area contributed by atoms with E-state index < -0.39 is 0 Å². The summed E-state index contributed by atoms with van der Waals surface area (Å²) in [5, 5.41) is 0. The van der Waals surface area contributed by atoms with Gasteiger partial charge in [-0.1, -0.05) is 13.8 Å². The maximum Gasteiger partial charge on any atom is 0.338 e. The molecule has 2 amide bonds. The molecule has 128 valence electrons. The standard InChI is InChI=1S/C19H23NO4/c1-3-10-24-19(23)13-5-7-14(8-6-13)20-17(21)15-9-4-12(2)11-16(15)18(20)22/h5-8,12,15-16H,3-4,9-11H2,1-2H3/t12-,15+,16+/m0/s1. The van der Waals surface area contributed by atoms with Crippen molar-refractivity contribution in [3.63, 3.8) is 0 Å². The SMILES string of the molecule is CCCOC(=O)c1ccc(N2C(=O)[C@@H]3CC[C@H](C)C[C@H]3C2=O)cc1. The van der Waals surface area contributed by atoms with E-state index in [1.54, 1.807) is 24.3 Å². The van der Waals surface area contributed by atoms with Crippen molar-refractivity contribution in [3.05, 3.63) is 29.8 Å². The van der Waals surface area contributed by atoms with Crippen molar-refractivity contribution in [1.82, 2.24) is 0 Å². The van der Waals surface area contributed by atoms with E-state index in [1.165, 1.54) is 4.90 Å². The van der Waals surface area contributed by atoms with Crippen molar-refractivity contribution >= 4 is 23.5 Å². The number of esters is 1. The molecule has 0 unspecified atom stereocenters. The number of hydrogen-bond acceptors (Lipinski definition) is 4. The zero-order valence-corrected chi connectivity index (χ0v) is 14.2. The molecule has 0 N–H and O–H groups in total. The third-order valence-electron chi connectivity index (χ3n) is 4.99. The number of nitrogens with zero attached hydrogens (tertiary/aromatic N) is 1. The summed E-state index contributed by atoms with van der Waals surface area (Å²) in [7, 11) is 0. The van der Waals surface area contributed by atoms with Gasteiger partial charge in [0.25, 0.3) is 0 Å². The van der Waals surface area contributed by atoms with Gasteiger partial charge in [-0.25, -0.2) is 4.79 Å². The van der Waals surface area contributed by atoms with E-state index >= 15 is 0 Å². The number of fused-ring (bicyclic) bond motifs is 1. The summed E-state index contributed by atoms with van der Waals surface area (Å²) < 4.78 is 5.09. The van der Waals surface area contributed by atoms with Crippen molar-refractivity contribution in [3.8, 4) is 0 Å². The molecule has 0 bridgehead atoms. The van der Waals surface area contributed by atoms with Gasteiger partial charge in [0.1, 0.15) is 0 Å². The van der Waals surface area contributed by atoms with Gasteiger partial charge in [0.15, 0.2) is 0 Å². The van der Waals surface area contributed by atoms with E-state index in [-0.39, 0.29) is 29.6 Å². The van der Waals surface area contributed by atoms with Gasteiger partial charge in [0.2, 0.25) is 11.8 Å². The molecule has 1 aromatic rings. The number of amides is 2. The molecule has 0 spiro atoms. The first-order chi connectivity index (χ1) is 11.5. The van der Waals surface area contributed by atoms with Crippen LogP contribution in [0.4, 0.5) is 5.69 Å². The first-order valence-electron chi connectivity index (χ1n) is 8.68. The van der Waals surface area contributed by atoms with Gasteiger partial charge >= 0.3 is 5.97 Å². The lowest BCUT2D eigenvalue weighted by Crippen LogP contribution is -2.30. The molecule has 5 nitrogen and oxygen atoms in total. The van der Waals surface area contributed by atoms with Crippen LogP contribution >= 0.6 is 0 Å². The summed E-state index contributed by atoms with van der Waals surface area (Å²) in [4.78, 5) is 38.4. The molecule has 1 saturated carbocycles. The first-order valence-corrected chi connectivity index (χ1v) is 8.68. The van der Waals surface area contributed by atoms with Crippen LogP contribution in [-0.4, -0.2) is 24.4 Å².